The van der Waals surface area contributed by atoms with Crippen LogP contribution >= 0.6 is 0 Å². The predicted octanol–water partition coefficient (Wildman–Crippen LogP) is 4.78. The normalized spacial score (nSPS) is 22.9. The van der Waals surface area contributed by atoms with Crippen LogP contribution in [-0.2, 0) is 38.8 Å². The van der Waals surface area contributed by atoms with Gasteiger partial charge in [-0.25, -0.2) is 0 Å². The third-order valence-electron chi connectivity index (χ3n) is 6.19. The zero-order chi connectivity index (χ0) is 25.9. The summed E-state index contributed by atoms with van der Waals surface area (Å²) in [4.78, 5) is 2.92. The monoisotopic (exact) mass is 505 g/mol. The second kappa shape index (κ2) is 13.2. The van der Waals surface area contributed by atoms with E-state index in [9.17, 15) is 5.11 Å². The Kier molecular flexibility index (Phi) is 9.51. The van der Waals surface area contributed by atoms with Crippen molar-refractivity contribution in [3.63, 3.8) is 0 Å². The Labute approximate surface area is 216 Å². The number of hydrogen-bond acceptors (Lipinski definition) is 7. The average Bonchev–Trinajstić information content (AvgIpc) is 3.21. The first-order valence-electron chi connectivity index (χ1n) is 12.0. The molecule has 4 atom stereocenters. The molecule has 0 aliphatic carbocycles. The molecule has 9 heteroatoms. The minimum absolute atomic E-state index is 0.0137. The van der Waals surface area contributed by atoms with Gasteiger partial charge in [0.2, 0.25) is 0 Å². The van der Waals surface area contributed by atoms with Gasteiger partial charge in [0.25, 0.3) is 0 Å². The summed E-state index contributed by atoms with van der Waals surface area (Å²) in [5.41, 5.74) is 10.7. The molecule has 9 nitrogen and oxygen atoms in total. The van der Waals surface area contributed by atoms with Crippen molar-refractivity contribution in [1.82, 2.24) is 0 Å². The summed E-state index contributed by atoms with van der Waals surface area (Å²) in [5, 5.41) is 14.7. The lowest BCUT2D eigenvalue weighted by molar-refractivity contribution is -0.184. The van der Waals surface area contributed by atoms with E-state index in [-0.39, 0.29) is 33.0 Å². The van der Waals surface area contributed by atoms with Crippen molar-refractivity contribution in [3.05, 3.63) is 112 Å². The molecule has 1 unspecified atom stereocenters. The molecule has 0 radical (unpaired) electrons. The summed E-state index contributed by atoms with van der Waals surface area (Å²) in [6.45, 7) is 0.695. The van der Waals surface area contributed by atoms with E-state index in [1.165, 1.54) is 0 Å². The van der Waals surface area contributed by atoms with Gasteiger partial charge < -0.3 is 28.8 Å². The molecule has 3 aromatic rings. The maximum Gasteiger partial charge on any atom is 0.184 e. The van der Waals surface area contributed by atoms with Gasteiger partial charge in [-0.05, 0) is 34.4 Å². The Morgan fingerprint density at radius 3 is 2.05 bits per heavy atom. The Morgan fingerprint density at radius 2 is 1.46 bits per heavy atom. The van der Waals surface area contributed by atoms with Gasteiger partial charge in [-0.3, -0.25) is 0 Å². The largest absolute Gasteiger partial charge is 0.497 e. The van der Waals surface area contributed by atoms with Crippen molar-refractivity contribution in [1.29, 1.82) is 0 Å². The molecule has 0 bridgehead atoms. The van der Waals surface area contributed by atoms with Gasteiger partial charge in [-0.2, -0.15) is 0 Å². The number of azide groups is 1. The van der Waals surface area contributed by atoms with Crippen molar-refractivity contribution >= 4 is 0 Å². The fraction of sp³-hybridized carbons (Fsp3) is 0.357. The van der Waals surface area contributed by atoms with E-state index in [4.69, 9.17) is 29.2 Å². The summed E-state index contributed by atoms with van der Waals surface area (Å²) in [6, 6.07) is 26.8. The van der Waals surface area contributed by atoms with Crippen molar-refractivity contribution in [2.45, 2.75) is 43.9 Å². The van der Waals surface area contributed by atoms with Crippen LogP contribution in [0.2, 0.25) is 0 Å². The van der Waals surface area contributed by atoms with E-state index in [1.807, 2.05) is 84.9 Å². The van der Waals surface area contributed by atoms with Crippen LogP contribution in [0.15, 0.2) is 90.0 Å². The summed E-state index contributed by atoms with van der Waals surface area (Å²) < 4.78 is 29.7. The SMILES string of the molecule is COc1ccc(COC[C@@]2(CN=[N+]=[N-])OC(O)[C@H](OCc3ccccc3)[C@@H]2OCc2ccccc2)cc1. The van der Waals surface area contributed by atoms with Gasteiger partial charge in [-0.15, -0.1) is 0 Å². The molecular formula is C28H31N3O6. The summed E-state index contributed by atoms with van der Waals surface area (Å²) in [7, 11) is 1.61. The molecule has 1 aliphatic rings. The third-order valence-corrected chi connectivity index (χ3v) is 6.19. The molecule has 1 N–H and O–H groups in total. The lowest BCUT2D eigenvalue weighted by atomic mass is 9.95. The van der Waals surface area contributed by atoms with E-state index >= 15 is 0 Å². The highest BCUT2D eigenvalue weighted by molar-refractivity contribution is 5.26. The maximum absolute atomic E-state index is 10.9. The Balaban J connectivity index is 1.53. The van der Waals surface area contributed by atoms with Crippen LogP contribution in [0.25, 0.3) is 10.4 Å². The second-order valence-electron chi connectivity index (χ2n) is 8.78. The molecule has 1 saturated heterocycles. The number of rotatable bonds is 13. The lowest BCUT2D eigenvalue weighted by Gasteiger charge is -2.33. The van der Waals surface area contributed by atoms with Crippen LogP contribution in [-0.4, -0.2) is 49.5 Å². The first-order chi connectivity index (χ1) is 18.1. The summed E-state index contributed by atoms with van der Waals surface area (Å²) in [6.07, 6.45) is -2.90. The van der Waals surface area contributed by atoms with E-state index < -0.39 is 24.1 Å². The van der Waals surface area contributed by atoms with Crippen molar-refractivity contribution < 1.29 is 28.8 Å². The quantitative estimate of drug-likeness (QED) is 0.203. The van der Waals surface area contributed by atoms with Crippen LogP contribution in [0.1, 0.15) is 16.7 Å². The number of ether oxygens (including phenoxy) is 5. The smallest absolute Gasteiger partial charge is 0.184 e. The fourth-order valence-electron chi connectivity index (χ4n) is 4.27. The van der Waals surface area contributed by atoms with Gasteiger partial charge in [0.1, 0.15) is 23.6 Å². The third kappa shape index (κ3) is 7.08. The highest BCUT2D eigenvalue weighted by atomic mass is 16.7. The second-order valence-corrected chi connectivity index (χ2v) is 8.78. The summed E-state index contributed by atoms with van der Waals surface area (Å²) >= 11 is 0. The standard InChI is InChI=1S/C28H31N3O6/c1-33-24-14-12-23(13-15-24)16-34-20-28(19-30-31-29)26(36-18-22-10-6-3-7-11-22)25(27(32)37-28)35-17-21-8-4-2-5-9-21/h2-15,25-27,32H,16-20H2,1H3/t25-,26+,27?,28-/m1/s1. The van der Waals surface area contributed by atoms with E-state index in [2.05, 4.69) is 10.0 Å². The topological polar surface area (TPSA) is 115 Å². The van der Waals surface area contributed by atoms with Crippen LogP contribution in [0, 0.1) is 0 Å². The van der Waals surface area contributed by atoms with Crippen molar-refractivity contribution in [3.8, 4) is 5.75 Å². The molecule has 0 amide bonds. The Hall–Kier alpha value is -3.43. The number of hydrogen-bond donors (Lipinski definition) is 1. The highest BCUT2D eigenvalue weighted by Gasteiger charge is 2.56. The fourth-order valence-corrected chi connectivity index (χ4v) is 4.27. The van der Waals surface area contributed by atoms with Crippen LogP contribution < -0.4 is 4.74 Å². The van der Waals surface area contributed by atoms with E-state index in [1.54, 1.807) is 7.11 Å². The van der Waals surface area contributed by atoms with Crippen molar-refractivity contribution in [2.24, 2.45) is 5.11 Å². The molecule has 1 aliphatic heterocycles. The van der Waals surface area contributed by atoms with Gasteiger partial charge in [0, 0.05) is 4.91 Å². The Morgan fingerprint density at radius 1 is 0.865 bits per heavy atom. The molecule has 37 heavy (non-hydrogen) atoms. The van der Waals surface area contributed by atoms with Crippen LogP contribution in [0.3, 0.4) is 0 Å². The van der Waals surface area contributed by atoms with E-state index in [0.717, 1.165) is 22.4 Å². The molecule has 0 saturated carbocycles. The minimum atomic E-state index is -1.30. The Bertz CT molecular complexity index is 1140. The highest BCUT2D eigenvalue weighted by Crippen LogP contribution is 2.37. The lowest BCUT2D eigenvalue weighted by Crippen LogP contribution is -2.51. The number of benzene rings is 3. The molecule has 0 spiro atoms. The average molecular weight is 506 g/mol. The number of methoxy groups -OCH3 is 1. The maximum atomic E-state index is 10.9. The summed E-state index contributed by atoms with van der Waals surface area (Å²) in [5.74, 6) is 0.749. The van der Waals surface area contributed by atoms with Gasteiger partial charge in [-0.1, -0.05) is 77.9 Å². The number of aliphatic hydroxyl groups is 1. The molecule has 4 rings (SSSR count). The van der Waals surface area contributed by atoms with Gasteiger partial charge in [0.15, 0.2) is 6.29 Å². The number of aliphatic hydroxyl groups excluding tert-OH is 1. The van der Waals surface area contributed by atoms with E-state index in [0.29, 0.717) is 0 Å². The minimum Gasteiger partial charge on any atom is -0.497 e. The van der Waals surface area contributed by atoms with Gasteiger partial charge >= 0.3 is 0 Å². The molecule has 0 aromatic heterocycles. The van der Waals surface area contributed by atoms with Crippen LogP contribution in [0.5, 0.6) is 5.75 Å². The first kappa shape index (κ1) is 26.6. The van der Waals surface area contributed by atoms with Crippen LogP contribution in [0.4, 0.5) is 0 Å². The van der Waals surface area contributed by atoms with Crippen molar-refractivity contribution in [2.75, 3.05) is 20.3 Å². The zero-order valence-corrected chi connectivity index (χ0v) is 20.7. The first-order valence-corrected chi connectivity index (χ1v) is 12.0. The van der Waals surface area contributed by atoms with Gasteiger partial charge in [0.05, 0.1) is 40.1 Å². The molecule has 194 valence electrons. The molecule has 1 fully saturated rings. The molecule has 1 heterocycles. The predicted molar refractivity (Wildman–Crippen MR) is 137 cm³/mol. The zero-order valence-electron chi connectivity index (χ0n) is 20.7. The molecular weight excluding hydrogens is 474 g/mol. The molecule has 3 aromatic carbocycles. The number of nitrogens with zero attached hydrogens (tertiary/aromatic N) is 3.